The molecule has 0 spiro atoms. The number of fused-ring (bicyclic) bond motifs is 5. The van der Waals surface area contributed by atoms with Gasteiger partial charge in [-0.15, -0.1) is 21.5 Å². The van der Waals surface area contributed by atoms with Crippen molar-refractivity contribution in [2.45, 2.75) is 38.9 Å². The molecule has 1 aliphatic rings. The highest BCUT2D eigenvalue weighted by atomic mass is 32.1. The molecule has 3 aromatic heterocycles. The number of hydrogen-bond donors (Lipinski definition) is 0. The van der Waals surface area contributed by atoms with Gasteiger partial charge in [-0.2, -0.15) is 0 Å². The first-order chi connectivity index (χ1) is 13.5. The van der Waals surface area contributed by atoms with Gasteiger partial charge in [-0.3, -0.25) is 9.20 Å². The molecule has 0 N–H and O–H groups in total. The molecule has 1 atom stereocenters. The summed E-state index contributed by atoms with van der Waals surface area (Å²) in [5, 5.41) is 9.03. The van der Waals surface area contributed by atoms with Crippen molar-refractivity contribution in [3.05, 3.63) is 51.4 Å². The maximum atomic E-state index is 13.6. The molecule has 28 heavy (non-hydrogen) atoms. The van der Waals surface area contributed by atoms with Crippen LogP contribution in [-0.4, -0.2) is 31.9 Å². The van der Waals surface area contributed by atoms with Crippen molar-refractivity contribution in [1.29, 1.82) is 0 Å². The molecule has 4 heterocycles. The molecule has 0 saturated carbocycles. The normalized spacial score (nSPS) is 19.2. The summed E-state index contributed by atoms with van der Waals surface area (Å²) in [6.07, 6.45) is 3.29. The van der Waals surface area contributed by atoms with Crippen LogP contribution in [-0.2, 0) is 17.8 Å². The van der Waals surface area contributed by atoms with Gasteiger partial charge in [0.1, 0.15) is 16.9 Å². The van der Waals surface area contributed by atoms with Gasteiger partial charge in [-0.05, 0) is 43.2 Å². The summed E-state index contributed by atoms with van der Waals surface area (Å²) in [4.78, 5) is 15.6. The number of benzene rings is 1. The summed E-state index contributed by atoms with van der Waals surface area (Å²) in [6.45, 7) is 4.76. The third kappa shape index (κ3) is 2.41. The summed E-state index contributed by atoms with van der Waals surface area (Å²) < 4.78 is 14.9. The van der Waals surface area contributed by atoms with E-state index in [-0.39, 0.29) is 11.2 Å². The lowest BCUT2D eigenvalue weighted by Gasteiger charge is -2.32. The van der Waals surface area contributed by atoms with E-state index in [0.717, 1.165) is 44.9 Å². The zero-order valence-electron chi connectivity index (χ0n) is 15.9. The van der Waals surface area contributed by atoms with Gasteiger partial charge < -0.3 is 9.47 Å². The van der Waals surface area contributed by atoms with Gasteiger partial charge >= 0.3 is 0 Å². The van der Waals surface area contributed by atoms with Crippen molar-refractivity contribution in [3.8, 4) is 11.4 Å². The van der Waals surface area contributed by atoms with Crippen LogP contribution in [0.4, 0.5) is 0 Å². The molecule has 1 aliphatic heterocycles. The second-order valence-corrected chi connectivity index (χ2v) is 8.38. The minimum atomic E-state index is -0.249. The van der Waals surface area contributed by atoms with Gasteiger partial charge in [-0.1, -0.05) is 6.92 Å². The molecule has 1 aromatic carbocycles. The van der Waals surface area contributed by atoms with E-state index in [2.05, 4.69) is 24.0 Å². The van der Waals surface area contributed by atoms with E-state index in [1.807, 2.05) is 28.7 Å². The summed E-state index contributed by atoms with van der Waals surface area (Å²) in [5.74, 6) is 1.24. The summed E-state index contributed by atoms with van der Waals surface area (Å²) in [5.41, 5.74) is 1.51. The van der Waals surface area contributed by atoms with Crippen LogP contribution in [0.2, 0.25) is 0 Å². The first-order valence-corrected chi connectivity index (χ1v) is 10.0. The van der Waals surface area contributed by atoms with Crippen LogP contribution in [0.5, 0.6) is 5.75 Å². The number of methoxy groups -OCH3 is 1. The second-order valence-electron chi connectivity index (χ2n) is 7.29. The van der Waals surface area contributed by atoms with Crippen LogP contribution in [0.25, 0.3) is 21.7 Å². The highest BCUT2D eigenvalue weighted by Crippen LogP contribution is 2.39. The Morgan fingerprint density at radius 3 is 2.82 bits per heavy atom. The maximum Gasteiger partial charge on any atom is 0.268 e. The summed E-state index contributed by atoms with van der Waals surface area (Å²) >= 11 is 1.59. The molecule has 0 fully saturated rings. The van der Waals surface area contributed by atoms with Gasteiger partial charge in [0.2, 0.25) is 5.78 Å². The number of aromatic nitrogens is 4. The third-order valence-electron chi connectivity index (χ3n) is 5.62. The zero-order chi connectivity index (χ0) is 19.5. The summed E-state index contributed by atoms with van der Waals surface area (Å²) in [7, 11) is 1.62. The number of thiophene rings is 1. The van der Waals surface area contributed by atoms with Gasteiger partial charge in [0.25, 0.3) is 5.56 Å². The number of nitrogens with zero attached hydrogens (tertiary/aromatic N) is 4. The van der Waals surface area contributed by atoms with Crippen LogP contribution in [0, 0.1) is 0 Å². The highest BCUT2D eigenvalue weighted by molar-refractivity contribution is 7.18. The highest BCUT2D eigenvalue weighted by Gasteiger charge is 2.33. The molecule has 0 aliphatic carbocycles. The molecular weight excluding hydrogens is 376 g/mol. The van der Waals surface area contributed by atoms with E-state index in [1.165, 1.54) is 0 Å². The van der Waals surface area contributed by atoms with Gasteiger partial charge in [0, 0.05) is 11.3 Å². The quantitative estimate of drug-likeness (QED) is 0.531. The Morgan fingerprint density at radius 1 is 1.32 bits per heavy atom. The van der Waals surface area contributed by atoms with Crippen LogP contribution >= 0.6 is 11.3 Å². The van der Waals surface area contributed by atoms with Crippen molar-refractivity contribution >= 4 is 27.3 Å². The average molecular weight is 396 g/mol. The molecule has 7 nitrogen and oxygen atoms in total. The molecule has 0 amide bonds. The Bertz CT molecular complexity index is 1250. The SMILES string of the molecule is CCC1(C)Cc2c(sc3c2c(=O)n(-c2ccc(OC)cc2)c2nncn32)CO1. The molecule has 5 rings (SSSR count). The van der Waals surface area contributed by atoms with Crippen molar-refractivity contribution < 1.29 is 9.47 Å². The molecule has 1 unspecified atom stereocenters. The molecule has 144 valence electrons. The predicted octanol–water partition coefficient (Wildman–Crippen LogP) is 3.34. The topological polar surface area (TPSA) is 70.7 Å². The fourth-order valence-corrected chi connectivity index (χ4v) is 4.96. The maximum absolute atomic E-state index is 13.6. The molecule has 0 radical (unpaired) electrons. The Hall–Kier alpha value is -2.71. The Balaban J connectivity index is 1.83. The van der Waals surface area contributed by atoms with E-state index in [4.69, 9.17) is 9.47 Å². The Morgan fingerprint density at radius 2 is 2.11 bits per heavy atom. The molecule has 0 bridgehead atoms. The van der Waals surface area contributed by atoms with Crippen molar-refractivity contribution in [3.63, 3.8) is 0 Å². The minimum absolute atomic E-state index is 0.0708. The fourth-order valence-electron chi connectivity index (χ4n) is 3.77. The van der Waals surface area contributed by atoms with Gasteiger partial charge in [-0.25, -0.2) is 4.57 Å². The monoisotopic (exact) mass is 396 g/mol. The van der Waals surface area contributed by atoms with E-state index in [0.29, 0.717) is 12.4 Å². The second kappa shape index (κ2) is 6.15. The van der Waals surface area contributed by atoms with Crippen LogP contribution in [0.3, 0.4) is 0 Å². The van der Waals surface area contributed by atoms with Gasteiger partial charge in [0.15, 0.2) is 0 Å². The standard InChI is InChI=1S/C20H20N4O3S/c1-4-20(2)9-14-15(10-27-20)28-18-16(14)17(25)24(19-22-21-11-23(18)19)12-5-7-13(26-3)8-6-12/h5-8,11H,4,9-10H2,1-3H3. The van der Waals surface area contributed by atoms with E-state index in [1.54, 1.807) is 29.3 Å². The predicted molar refractivity (Wildman–Crippen MR) is 108 cm³/mol. The van der Waals surface area contributed by atoms with E-state index in [9.17, 15) is 4.79 Å². The van der Waals surface area contributed by atoms with Crippen molar-refractivity contribution in [2.75, 3.05) is 7.11 Å². The number of ether oxygens (including phenoxy) is 2. The first-order valence-electron chi connectivity index (χ1n) is 9.22. The van der Waals surface area contributed by atoms with Crippen LogP contribution in [0.15, 0.2) is 35.4 Å². The first kappa shape index (κ1) is 17.4. The minimum Gasteiger partial charge on any atom is -0.497 e. The number of hydrogen-bond acceptors (Lipinski definition) is 6. The van der Waals surface area contributed by atoms with Gasteiger partial charge in [0.05, 0.1) is 30.4 Å². The fraction of sp³-hybridized carbons (Fsp3) is 0.350. The Labute approximate surface area is 165 Å². The van der Waals surface area contributed by atoms with E-state index >= 15 is 0 Å². The lowest BCUT2D eigenvalue weighted by molar-refractivity contribution is -0.0543. The van der Waals surface area contributed by atoms with Crippen LogP contribution < -0.4 is 10.3 Å². The smallest absolute Gasteiger partial charge is 0.268 e. The summed E-state index contributed by atoms with van der Waals surface area (Å²) in [6, 6.07) is 7.39. The molecule has 8 heteroatoms. The molecule has 0 saturated heterocycles. The average Bonchev–Trinajstić information content (AvgIpc) is 3.33. The largest absolute Gasteiger partial charge is 0.497 e. The molecular formula is C20H20N4O3S. The molecule has 4 aromatic rings. The lowest BCUT2D eigenvalue weighted by atomic mass is 9.90. The number of rotatable bonds is 3. The van der Waals surface area contributed by atoms with E-state index < -0.39 is 0 Å². The van der Waals surface area contributed by atoms with Crippen molar-refractivity contribution in [2.24, 2.45) is 0 Å². The van der Waals surface area contributed by atoms with Crippen LogP contribution in [0.1, 0.15) is 30.7 Å². The zero-order valence-corrected chi connectivity index (χ0v) is 16.7. The lowest BCUT2D eigenvalue weighted by Crippen LogP contribution is -2.34. The Kier molecular flexibility index (Phi) is 3.82. The van der Waals surface area contributed by atoms with Crippen molar-refractivity contribution in [1.82, 2.24) is 19.2 Å². The third-order valence-corrected chi connectivity index (χ3v) is 6.82.